The monoisotopic (exact) mass is 282 g/mol. The van der Waals surface area contributed by atoms with Crippen molar-refractivity contribution in [2.24, 2.45) is 0 Å². The van der Waals surface area contributed by atoms with Crippen molar-refractivity contribution in [2.45, 2.75) is 18.9 Å². The first kappa shape index (κ1) is 14.1. The molecule has 0 radical (unpaired) electrons. The number of halogens is 1. The van der Waals surface area contributed by atoms with E-state index in [2.05, 4.69) is 9.88 Å². The van der Waals surface area contributed by atoms with Gasteiger partial charge in [-0.2, -0.15) is 0 Å². The van der Waals surface area contributed by atoms with Crippen molar-refractivity contribution in [3.63, 3.8) is 0 Å². The molecule has 0 spiro atoms. The first-order valence-electron chi connectivity index (χ1n) is 6.35. The second kappa shape index (κ2) is 5.75. The number of anilines is 1. The SMILES string of the molecule is CN(C)CC1CCCN1C(=O)c1cnc(N)c(Cl)c1. The van der Waals surface area contributed by atoms with E-state index in [1.165, 1.54) is 6.20 Å². The Morgan fingerprint density at radius 3 is 3.00 bits per heavy atom. The first-order valence-corrected chi connectivity index (χ1v) is 6.73. The molecule has 1 aromatic heterocycles. The summed E-state index contributed by atoms with van der Waals surface area (Å²) < 4.78 is 0. The molecular formula is C13H19ClN4O. The Hall–Kier alpha value is -1.33. The topological polar surface area (TPSA) is 62.5 Å². The zero-order valence-corrected chi connectivity index (χ0v) is 12.0. The minimum absolute atomic E-state index is 0.0150. The summed E-state index contributed by atoms with van der Waals surface area (Å²) in [6.45, 7) is 1.67. The molecule has 2 heterocycles. The van der Waals surface area contributed by atoms with Gasteiger partial charge in [-0.1, -0.05) is 11.6 Å². The lowest BCUT2D eigenvalue weighted by Crippen LogP contribution is -2.41. The van der Waals surface area contributed by atoms with Crippen molar-refractivity contribution in [1.29, 1.82) is 0 Å². The molecule has 1 aliphatic heterocycles. The van der Waals surface area contributed by atoms with Crippen LogP contribution >= 0.6 is 11.6 Å². The number of nitrogen functional groups attached to an aromatic ring is 1. The summed E-state index contributed by atoms with van der Waals surface area (Å²) in [4.78, 5) is 20.4. The highest BCUT2D eigenvalue weighted by atomic mass is 35.5. The van der Waals surface area contributed by atoms with Crippen LogP contribution in [0.4, 0.5) is 5.82 Å². The Balaban J connectivity index is 2.16. The number of likely N-dealkylation sites (N-methyl/N-ethyl adjacent to an activating group) is 1. The number of carbonyl (C=O) groups is 1. The average Bonchev–Trinajstić information content (AvgIpc) is 2.79. The Bertz CT molecular complexity index is 478. The van der Waals surface area contributed by atoms with E-state index in [1.807, 2.05) is 19.0 Å². The highest BCUT2D eigenvalue weighted by Crippen LogP contribution is 2.23. The van der Waals surface area contributed by atoms with Crippen molar-refractivity contribution < 1.29 is 4.79 Å². The van der Waals surface area contributed by atoms with E-state index >= 15 is 0 Å². The summed E-state index contributed by atoms with van der Waals surface area (Å²) in [5, 5.41) is 0.328. The third kappa shape index (κ3) is 3.16. The number of nitrogens with zero attached hydrogens (tertiary/aromatic N) is 3. The number of rotatable bonds is 3. The predicted molar refractivity (Wildman–Crippen MR) is 76.3 cm³/mol. The molecule has 104 valence electrons. The third-order valence-corrected chi connectivity index (χ3v) is 3.63. The standard InChI is InChI=1S/C13H19ClN4O/c1-17(2)8-10-4-3-5-18(10)13(19)9-6-11(14)12(15)16-7-9/h6-7,10H,3-5,8H2,1-2H3,(H2,15,16). The molecule has 2 rings (SSSR count). The van der Waals surface area contributed by atoms with Crippen LogP contribution in [0.25, 0.3) is 0 Å². The molecular weight excluding hydrogens is 264 g/mol. The maximum absolute atomic E-state index is 12.5. The molecule has 1 unspecified atom stereocenters. The van der Waals surface area contributed by atoms with E-state index in [9.17, 15) is 4.79 Å². The second-order valence-corrected chi connectivity index (χ2v) is 5.56. The van der Waals surface area contributed by atoms with E-state index in [0.717, 1.165) is 25.9 Å². The van der Waals surface area contributed by atoms with E-state index in [-0.39, 0.29) is 17.8 Å². The fourth-order valence-corrected chi connectivity index (χ4v) is 2.61. The van der Waals surface area contributed by atoms with Crippen LogP contribution in [0.1, 0.15) is 23.2 Å². The van der Waals surface area contributed by atoms with E-state index in [0.29, 0.717) is 10.6 Å². The molecule has 1 atom stereocenters. The average molecular weight is 283 g/mol. The van der Waals surface area contributed by atoms with E-state index < -0.39 is 0 Å². The molecule has 1 aromatic rings. The summed E-state index contributed by atoms with van der Waals surface area (Å²) >= 11 is 5.92. The van der Waals surface area contributed by atoms with Gasteiger partial charge in [-0.05, 0) is 33.0 Å². The number of hydrogen-bond acceptors (Lipinski definition) is 4. The molecule has 5 nitrogen and oxygen atoms in total. The summed E-state index contributed by atoms with van der Waals surface area (Å²) in [6, 6.07) is 1.86. The number of aromatic nitrogens is 1. The van der Waals surface area contributed by atoms with Crippen LogP contribution in [0, 0.1) is 0 Å². The van der Waals surface area contributed by atoms with Crippen LogP contribution in [-0.2, 0) is 0 Å². The Labute approximate surface area is 118 Å². The first-order chi connectivity index (χ1) is 8.99. The maximum atomic E-state index is 12.5. The lowest BCUT2D eigenvalue weighted by atomic mass is 10.2. The van der Waals surface area contributed by atoms with E-state index in [1.54, 1.807) is 6.07 Å². The molecule has 1 aliphatic rings. The summed E-state index contributed by atoms with van der Waals surface area (Å²) in [7, 11) is 4.03. The maximum Gasteiger partial charge on any atom is 0.255 e. The smallest absolute Gasteiger partial charge is 0.255 e. The summed E-state index contributed by atoms with van der Waals surface area (Å²) in [5.41, 5.74) is 6.07. The number of nitrogens with two attached hydrogens (primary N) is 1. The molecule has 19 heavy (non-hydrogen) atoms. The van der Waals surface area contributed by atoms with Crippen molar-refractivity contribution in [3.8, 4) is 0 Å². The molecule has 0 aromatic carbocycles. The molecule has 1 fully saturated rings. The lowest BCUT2D eigenvalue weighted by Gasteiger charge is -2.27. The minimum Gasteiger partial charge on any atom is -0.382 e. The fraction of sp³-hybridized carbons (Fsp3) is 0.538. The Morgan fingerprint density at radius 2 is 2.37 bits per heavy atom. The largest absolute Gasteiger partial charge is 0.382 e. The molecule has 0 saturated carbocycles. The number of likely N-dealkylation sites (tertiary alicyclic amines) is 1. The van der Waals surface area contributed by atoms with Crippen LogP contribution in [-0.4, -0.2) is 53.9 Å². The van der Waals surface area contributed by atoms with Crippen molar-refractivity contribution in [3.05, 3.63) is 22.8 Å². The van der Waals surface area contributed by atoms with Crippen LogP contribution in [0.15, 0.2) is 12.3 Å². The van der Waals surface area contributed by atoms with Gasteiger partial charge < -0.3 is 15.5 Å². The molecule has 2 N–H and O–H groups in total. The Morgan fingerprint density at radius 1 is 1.63 bits per heavy atom. The van der Waals surface area contributed by atoms with Gasteiger partial charge in [0, 0.05) is 25.3 Å². The lowest BCUT2D eigenvalue weighted by molar-refractivity contribution is 0.0716. The molecule has 1 amide bonds. The van der Waals surface area contributed by atoms with Gasteiger partial charge in [-0.3, -0.25) is 4.79 Å². The van der Waals surface area contributed by atoms with Gasteiger partial charge in [0.1, 0.15) is 5.82 Å². The van der Waals surface area contributed by atoms with E-state index in [4.69, 9.17) is 17.3 Å². The third-order valence-electron chi connectivity index (χ3n) is 3.33. The number of carbonyl (C=O) groups excluding carboxylic acids is 1. The van der Waals surface area contributed by atoms with Gasteiger partial charge >= 0.3 is 0 Å². The van der Waals surface area contributed by atoms with Crippen molar-refractivity contribution >= 4 is 23.3 Å². The fourth-order valence-electron chi connectivity index (χ4n) is 2.45. The highest BCUT2D eigenvalue weighted by Gasteiger charge is 2.29. The zero-order valence-electron chi connectivity index (χ0n) is 11.3. The van der Waals surface area contributed by atoms with Crippen LogP contribution in [0.2, 0.25) is 5.02 Å². The minimum atomic E-state index is -0.0150. The van der Waals surface area contributed by atoms with Gasteiger partial charge in [0.05, 0.1) is 10.6 Å². The van der Waals surface area contributed by atoms with Crippen molar-refractivity contribution in [2.75, 3.05) is 32.9 Å². The van der Waals surface area contributed by atoms with Gasteiger partial charge in [-0.25, -0.2) is 4.98 Å². The summed E-state index contributed by atoms with van der Waals surface area (Å²) in [5.74, 6) is 0.239. The van der Waals surface area contributed by atoms with Gasteiger partial charge in [0.25, 0.3) is 5.91 Å². The molecule has 1 saturated heterocycles. The molecule has 0 aliphatic carbocycles. The highest BCUT2D eigenvalue weighted by molar-refractivity contribution is 6.33. The number of amides is 1. The number of pyridine rings is 1. The normalized spacial score (nSPS) is 19.2. The Kier molecular flexibility index (Phi) is 4.27. The molecule has 0 bridgehead atoms. The van der Waals surface area contributed by atoms with Crippen LogP contribution in [0.5, 0.6) is 0 Å². The number of hydrogen-bond donors (Lipinski definition) is 1. The van der Waals surface area contributed by atoms with Gasteiger partial charge in [0.2, 0.25) is 0 Å². The van der Waals surface area contributed by atoms with Crippen LogP contribution in [0.3, 0.4) is 0 Å². The summed E-state index contributed by atoms with van der Waals surface area (Å²) in [6.07, 6.45) is 3.58. The van der Waals surface area contributed by atoms with Crippen LogP contribution < -0.4 is 5.73 Å². The second-order valence-electron chi connectivity index (χ2n) is 5.15. The zero-order chi connectivity index (χ0) is 14.0. The predicted octanol–water partition coefficient (Wildman–Crippen LogP) is 1.48. The van der Waals surface area contributed by atoms with Gasteiger partial charge in [-0.15, -0.1) is 0 Å². The quantitative estimate of drug-likeness (QED) is 0.912. The molecule has 6 heteroatoms. The van der Waals surface area contributed by atoms with Crippen molar-refractivity contribution in [1.82, 2.24) is 14.8 Å². The van der Waals surface area contributed by atoms with Gasteiger partial charge in [0.15, 0.2) is 0 Å².